The van der Waals surface area contributed by atoms with Crippen molar-refractivity contribution in [2.75, 3.05) is 12.4 Å². The average Bonchev–Trinajstić information content (AvgIpc) is 2.63. The number of ether oxygens (including phenoxy) is 1. The van der Waals surface area contributed by atoms with Crippen molar-refractivity contribution in [1.29, 1.82) is 0 Å². The molecule has 0 atom stereocenters. The number of aryl methyl sites for hydroxylation is 1. The van der Waals surface area contributed by atoms with E-state index in [1.54, 1.807) is 38.3 Å². The summed E-state index contributed by atoms with van der Waals surface area (Å²) in [5, 5.41) is 7.31. The lowest BCUT2D eigenvalue weighted by atomic mass is 10.1. The molecule has 0 heterocycles. The number of hydrogen-bond acceptors (Lipinski definition) is 4. The third-order valence-corrected chi connectivity index (χ3v) is 4.17. The Labute approximate surface area is 163 Å². The highest BCUT2D eigenvalue weighted by atomic mass is 35.5. The second-order valence-corrected chi connectivity index (χ2v) is 6.50. The largest absolute Gasteiger partial charge is 0.497 e. The number of nitrogens with zero attached hydrogens (tertiary/aromatic N) is 1. The van der Waals surface area contributed by atoms with Crippen LogP contribution in [0, 0.1) is 6.92 Å². The number of hydrazone groups is 1. The zero-order valence-corrected chi connectivity index (χ0v) is 16.3. The number of anilines is 1. The quantitative estimate of drug-likeness (QED) is 0.561. The first-order valence-corrected chi connectivity index (χ1v) is 8.76. The smallest absolute Gasteiger partial charge is 0.244 e. The zero-order chi connectivity index (χ0) is 19.8. The Bertz CT molecular complexity index is 848. The number of halogens is 1. The molecule has 2 N–H and O–H groups in total. The van der Waals surface area contributed by atoms with Gasteiger partial charge < -0.3 is 10.1 Å². The molecule has 0 fully saturated rings. The van der Waals surface area contributed by atoms with Crippen LogP contribution in [0.4, 0.5) is 5.69 Å². The van der Waals surface area contributed by atoms with E-state index in [1.165, 1.54) is 0 Å². The number of hydrogen-bond donors (Lipinski definition) is 2. The van der Waals surface area contributed by atoms with Crippen molar-refractivity contribution in [1.82, 2.24) is 5.43 Å². The van der Waals surface area contributed by atoms with Gasteiger partial charge in [0, 0.05) is 16.4 Å². The number of carbonyl (C=O) groups excluding carboxylic acids is 2. The molecule has 2 aromatic rings. The van der Waals surface area contributed by atoms with E-state index >= 15 is 0 Å². The topological polar surface area (TPSA) is 79.8 Å². The molecule has 2 amide bonds. The van der Waals surface area contributed by atoms with Crippen molar-refractivity contribution in [3.05, 3.63) is 58.6 Å². The maximum Gasteiger partial charge on any atom is 0.244 e. The van der Waals surface area contributed by atoms with Gasteiger partial charge in [0.25, 0.3) is 0 Å². The molecule has 2 rings (SSSR count). The summed E-state index contributed by atoms with van der Waals surface area (Å²) in [6, 6.07) is 12.5. The van der Waals surface area contributed by atoms with Crippen LogP contribution >= 0.6 is 11.6 Å². The molecule has 142 valence electrons. The van der Waals surface area contributed by atoms with Gasteiger partial charge >= 0.3 is 0 Å². The highest BCUT2D eigenvalue weighted by molar-refractivity contribution is 6.31. The van der Waals surface area contributed by atoms with Crippen molar-refractivity contribution in [3.63, 3.8) is 0 Å². The summed E-state index contributed by atoms with van der Waals surface area (Å²) in [5.41, 5.74) is 5.35. The van der Waals surface area contributed by atoms with Crippen LogP contribution in [0.5, 0.6) is 5.75 Å². The first-order valence-electron chi connectivity index (χ1n) is 8.38. The van der Waals surface area contributed by atoms with Gasteiger partial charge in [-0.3, -0.25) is 9.59 Å². The van der Waals surface area contributed by atoms with Crippen LogP contribution < -0.4 is 15.5 Å². The highest BCUT2D eigenvalue weighted by Crippen LogP contribution is 2.20. The van der Waals surface area contributed by atoms with Gasteiger partial charge in [-0.25, -0.2) is 5.43 Å². The van der Waals surface area contributed by atoms with Crippen LogP contribution in [-0.4, -0.2) is 24.6 Å². The SMILES string of the molecule is COc1ccc(CC(=O)N/N=C(\C)CC(=O)Nc2ccc(C)c(Cl)c2)cc1. The fourth-order valence-electron chi connectivity index (χ4n) is 2.27. The molecule has 2 aromatic carbocycles. The predicted octanol–water partition coefficient (Wildman–Crippen LogP) is 3.72. The summed E-state index contributed by atoms with van der Waals surface area (Å²) in [6.45, 7) is 3.56. The highest BCUT2D eigenvalue weighted by Gasteiger charge is 2.07. The zero-order valence-electron chi connectivity index (χ0n) is 15.5. The van der Waals surface area contributed by atoms with E-state index in [0.29, 0.717) is 16.4 Å². The molecule has 0 radical (unpaired) electrons. The summed E-state index contributed by atoms with van der Waals surface area (Å²) in [7, 11) is 1.59. The third-order valence-electron chi connectivity index (χ3n) is 3.77. The second-order valence-electron chi connectivity index (χ2n) is 6.10. The third kappa shape index (κ3) is 6.75. The van der Waals surface area contributed by atoms with Crippen molar-refractivity contribution in [3.8, 4) is 5.75 Å². The molecule has 0 saturated carbocycles. The second kappa shape index (κ2) is 9.73. The van der Waals surface area contributed by atoms with Crippen LogP contribution in [0.3, 0.4) is 0 Å². The van der Waals surface area contributed by atoms with Crippen LogP contribution in [-0.2, 0) is 16.0 Å². The molecule has 0 aliphatic heterocycles. The summed E-state index contributed by atoms with van der Waals surface area (Å²) in [4.78, 5) is 24.0. The molecule has 0 bridgehead atoms. The average molecular weight is 388 g/mol. The Morgan fingerprint density at radius 1 is 1.11 bits per heavy atom. The minimum Gasteiger partial charge on any atom is -0.497 e. The predicted molar refractivity (Wildman–Crippen MR) is 107 cm³/mol. The Kier molecular flexibility index (Phi) is 7.37. The van der Waals surface area contributed by atoms with E-state index < -0.39 is 0 Å². The molecule has 6 nitrogen and oxygen atoms in total. The Balaban J connectivity index is 1.82. The molecule has 27 heavy (non-hydrogen) atoms. The van der Waals surface area contributed by atoms with Crippen molar-refractivity contribution in [2.45, 2.75) is 26.7 Å². The summed E-state index contributed by atoms with van der Waals surface area (Å²) in [6.07, 6.45) is 0.253. The Morgan fingerprint density at radius 3 is 2.44 bits per heavy atom. The molecular weight excluding hydrogens is 366 g/mol. The minimum absolute atomic E-state index is 0.0638. The monoisotopic (exact) mass is 387 g/mol. The summed E-state index contributed by atoms with van der Waals surface area (Å²) >= 11 is 6.04. The molecule has 0 aromatic heterocycles. The summed E-state index contributed by atoms with van der Waals surface area (Å²) < 4.78 is 5.08. The standard InChI is InChI=1S/C20H22ClN3O3/c1-13-4-7-16(12-18(13)21)22-19(25)10-14(2)23-24-20(26)11-15-5-8-17(27-3)9-6-15/h4-9,12H,10-11H2,1-3H3,(H,22,25)(H,24,26)/b23-14+. The number of carbonyl (C=O) groups is 2. The van der Waals surface area contributed by atoms with Gasteiger partial charge in [0.1, 0.15) is 5.75 Å². The minimum atomic E-state index is -0.259. The molecule has 0 aliphatic carbocycles. The van der Waals surface area contributed by atoms with Crippen molar-refractivity contribution in [2.24, 2.45) is 5.10 Å². The Hall–Kier alpha value is -2.86. The summed E-state index contributed by atoms with van der Waals surface area (Å²) in [5.74, 6) is 0.236. The maximum absolute atomic E-state index is 12.1. The number of amides is 2. The van der Waals surface area contributed by atoms with Gasteiger partial charge in [-0.15, -0.1) is 0 Å². The van der Waals surface area contributed by atoms with Crippen molar-refractivity contribution < 1.29 is 14.3 Å². The van der Waals surface area contributed by atoms with E-state index in [2.05, 4.69) is 15.8 Å². The maximum atomic E-state index is 12.1. The number of benzene rings is 2. The van der Waals surface area contributed by atoms with Gasteiger partial charge in [-0.05, 0) is 49.2 Å². The van der Waals surface area contributed by atoms with Crippen molar-refractivity contribution >= 4 is 34.8 Å². The molecule has 0 unspecified atom stereocenters. The number of methoxy groups -OCH3 is 1. The molecular formula is C20H22ClN3O3. The van der Waals surface area contributed by atoms with Crippen LogP contribution in [0.25, 0.3) is 0 Å². The normalized spacial score (nSPS) is 11.0. The van der Waals surface area contributed by atoms with E-state index in [4.69, 9.17) is 16.3 Å². The van der Waals surface area contributed by atoms with E-state index in [1.807, 2.05) is 25.1 Å². The van der Waals surface area contributed by atoms with Gasteiger partial charge in [0.15, 0.2) is 0 Å². The lowest BCUT2D eigenvalue weighted by molar-refractivity contribution is -0.120. The molecule has 7 heteroatoms. The van der Waals surface area contributed by atoms with E-state index in [-0.39, 0.29) is 24.7 Å². The van der Waals surface area contributed by atoms with Crippen LogP contribution in [0.1, 0.15) is 24.5 Å². The Morgan fingerprint density at radius 2 is 1.81 bits per heavy atom. The van der Waals surface area contributed by atoms with Gasteiger partial charge in [0.05, 0.1) is 20.0 Å². The first kappa shape index (κ1) is 20.5. The lowest BCUT2D eigenvalue weighted by Gasteiger charge is -2.07. The van der Waals surface area contributed by atoms with Gasteiger partial charge in [-0.2, -0.15) is 5.10 Å². The molecule has 0 saturated heterocycles. The molecule has 0 aliphatic rings. The number of nitrogens with one attached hydrogen (secondary N) is 2. The van der Waals surface area contributed by atoms with Gasteiger partial charge in [-0.1, -0.05) is 29.8 Å². The van der Waals surface area contributed by atoms with Crippen LogP contribution in [0.2, 0.25) is 5.02 Å². The van der Waals surface area contributed by atoms with Crippen LogP contribution in [0.15, 0.2) is 47.6 Å². The number of rotatable bonds is 7. The molecule has 0 spiro atoms. The first-order chi connectivity index (χ1) is 12.9. The van der Waals surface area contributed by atoms with E-state index in [0.717, 1.165) is 16.9 Å². The fourth-order valence-corrected chi connectivity index (χ4v) is 2.45. The lowest BCUT2D eigenvalue weighted by Crippen LogP contribution is -2.22. The fraction of sp³-hybridized carbons (Fsp3) is 0.250. The van der Waals surface area contributed by atoms with Gasteiger partial charge in [0.2, 0.25) is 11.8 Å². The van der Waals surface area contributed by atoms with E-state index in [9.17, 15) is 9.59 Å².